The highest BCUT2D eigenvalue weighted by atomic mass is 16.5. The van der Waals surface area contributed by atoms with Crippen LogP contribution in [0.3, 0.4) is 0 Å². The van der Waals surface area contributed by atoms with Gasteiger partial charge in [0.2, 0.25) is 0 Å². The van der Waals surface area contributed by atoms with E-state index in [1.54, 1.807) is 0 Å². The molecule has 1 saturated heterocycles. The predicted octanol–water partition coefficient (Wildman–Crippen LogP) is 0.541. The van der Waals surface area contributed by atoms with Crippen molar-refractivity contribution in [2.45, 2.75) is 13.0 Å². The van der Waals surface area contributed by atoms with Crippen LogP contribution in [0.2, 0.25) is 0 Å². The van der Waals surface area contributed by atoms with Crippen molar-refractivity contribution >= 4 is 0 Å². The topological polar surface area (TPSA) is 12.5 Å². The van der Waals surface area contributed by atoms with Gasteiger partial charge in [0.25, 0.3) is 0 Å². The summed E-state index contributed by atoms with van der Waals surface area (Å²) in [5, 5.41) is 0. The maximum absolute atomic E-state index is 5.27. The number of rotatable bonds is 1. The molecule has 2 heteroatoms. The highest BCUT2D eigenvalue weighted by Crippen LogP contribution is 2.05. The Kier molecular flexibility index (Phi) is 2.49. The van der Waals surface area contributed by atoms with E-state index in [9.17, 15) is 0 Å². The van der Waals surface area contributed by atoms with Crippen molar-refractivity contribution in [3.05, 3.63) is 6.42 Å². The van der Waals surface area contributed by atoms with Gasteiger partial charge in [0.1, 0.15) is 0 Å². The molecule has 0 N–H and O–H groups in total. The summed E-state index contributed by atoms with van der Waals surface area (Å²) in [4.78, 5) is 2.31. The SMILES string of the molecule is C[CH]C1COCCN1C. The monoisotopic (exact) mass is 128 g/mol. The summed E-state index contributed by atoms with van der Waals surface area (Å²) in [6, 6.07) is 0.541. The third kappa shape index (κ3) is 1.66. The van der Waals surface area contributed by atoms with Crippen molar-refractivity contribution in [1.29, 1.82) is 0 Å². The number of hydrogen-bond acceptors (Lipinski definition) is 2. The molecule has 0 amide bonds. The molecule has 2 nitrogen and oxygen atoms in total. The highest BCUT2D eigenvalue weighted by Gasteiger charge is 2.16. The van der Waals surface area contributed by atoms with Crippen LogP contribution in [0.5, 0.6) is 0 Å². The van der Waals surface area contributed by atoms with E-state index in [4.69, 9.17) is 4.74 Å². The van der Waals surface area contributed by atoms with Crippen LogP contribution in [0.25, 0.3) is 0 Å². The summed E-state index contributed by atoms with van der Waals surface area (Å²) >= 11 is 0. The van der Waals surface area contributed by atoms with Gasteiger partial charge in [-0.1, -0.05) is 6.92 Å². The minimum atomic E-state index is 0.541. The first-order chi connectivity index (χ1) is 4.34. The predicted molar refractivity (Wildman–Crippen MR) is 37.2 cm³/mol. The number of nitrogens with zero attached hydrogens (tertiary/aromatic N) is 1. The molecule has 1 unspecified atom stereocenters. The van der Waals surface area contributed by atoms with E-state index in [2.05, 4.69) is 25.3 Å². The summed E-state index contributed by atoms with van der Waals surface area (Å²) in [5.41, 5.74) is 0. The molecule has 0 spiro atoms. The molecule has 0 aromatic rings. The molecule has 9 heavy (non-hydrogen) atoms. The maximum Gasteiger partial charge on any atom is 0.0625 e. The molecule has 53 valence electrons. The van der Waals surface area contributed by atoms with Crippen LogP contribution in [0.15, 0.2) is 0 Å². The van der Waals surface area contributed by atoms with Crippen LogP contribution in [0, 0.1) is 6.42 Å². The average molecular weight is 128 g/mol. The third-order valence-electron chi connectivity index (χ3n) is 1.83. The van der Waals surface area contributed by atoms with Crippen LogP contribution in [0.4, 0.5) is 0 Å². The second-order valence-electron chi connectivity index (χ2n) is 2.46. The Bertz CT molecular complexity index is 85.0. The van der Waals surface area contributed by atoms with Gasteiger partial charge in [-0.05, 0) is 13.5 Å². The van der Waals surface area contributed by atoms with E-state index >= 15 is 0 Å². The molecule has 0 bridgehead atoms. The van der Waals surface area contributed by atoms with Crippen LogP contribution in [-0.4, -0.2) is 37.7 Å². The summed E-state index contributed by atoms with van der Waals surface area (Å²) in [6.45, 7) is 4.90. The maximum atomic E-state index is 5.27. The first-order valence-corrected chi connectivity index (χ1v) is 3.42. The minimum Gasteiger partial charge on any atom is -0.378 e. The molecule has 1 aliphatic heterocycles. The number of morpholine rings is 1. The molecule has 1 rings (SSSR count). The lowest BCUT2D eigenvalue weighted by atomic mass is 10.2. The molecular weight excluding hydrogens is 114 g/mol. The Balaban J connectivity index is 2.30. The van der Waals surface area contributed by atoms with Crippen molar-refractivity contribution in [2.24, 2.45) is 0 Å². The van der Waals surface area contributed by atoms with Crippen LogP contribution in [-0.2, 0) is 4.74 Å². The molecule has 0 aliphatic carbocycles. The summed E-state index contributed by atoms with van der Waals surface area (Å²) < 4.78 is 5.27. The average Bonchev–Trinajstić information content (AvgIpc) is 1.89. The standard InChI is InChI=1S/C7H14NO/c1-3-7-6-9-5-4-8(7)2/h3,7H,4-6H2,1-2H3. The Hall–Kier alpha value is -0.0800. The lowest BCUT2D eigenvalue weighted by Gasteiger charge is -2.31. The summed E-state index contributed by atoms with van der Waals surface area (Å²) in [6.07, 6.45) is 2.18. The van der Waals surface area contributed by atoms with E-state index in [1.165, 1.54) is 0 Å². The Morgan fingerprint density at radius 3 is 2.89 bits per heavy atom. The molecule has 1 atom stereocenters. The molecular formula is C7H14NO. The van der Waals surface area contributed by atoms with Crippen LogP contribution in [0.1, 0.15) is 6.92 Å². The van der Waals surface area contributed by atoms with Gasteiger partial charge in [-0.15, -0.1) is 0 Å². The quantitative estimate of drug-likeness (QED) is 0.511. The first kappa shape index (κ1) is 7.03. The minimum absolute atomic E-state index is 0.541. The van der Waals surface area contributed by atoms with Gasteiger partial charge >= 0.3 is 0 Å². The van der Waals surface area contributed by atoms with E-state index in [0.717, 1.165) is 19.8 Å². The van der Waals surface area contributed by atoms with Crippen LogP contribution < -0.4 is 0 Å². The van der Waals surface area contributed by atoms with Gasteiger partial charge in [0, 0.05) is 12.6 Å². The van der Waals surface area contributed by atoms with Crippen molar-refractivity contribution in [3.8, 4) is 0 Å². The fourth-order valence-electron chi connectivity index (χ4n) is 1.06. The highest BCUT2D eigenvalue weighted by molar-refractivity contribution is 4.81. The van der Waals surface area contributed by atoms with E-state index in [1.807, 2.05) is 0 Å². The number of hydrogen-bond donors (Lipinski definition) is 0. The molecule has 0 aromatic carbocycles. The fourth-order valence-corrected chi connectivity index (χ4v) is 1.06. The van der Waals surface area contributed by atoms with E-state index in [-0.39, 0.29) is 0 Å². The molecule has 1 fully saturated rings. The lowest BCUT2D eigenvalue weighted by molar-refractivity contribution is 0.0180. The van der Waals surface area contributed by atoms with Crippen molar-refractivity contribution < 1.29 is 4.74 Å². The van der Waals surface area contributed by atoms with Crippen molar-refractivity contribution in [3.63, 3.8) is 0 Å². The van der Waals surface area contributed by atoms with E-state index < -0.39 is 0 Å². The van der Waals surface area contributed by atoms with Gasteiger partial charge in [0.15, 0.2) is 0 Å². The number of ether oxygens (including phenoxy) is 1. The molecule has 0 saturated carbocycles. The zero-order valence-corrected chi connectivity index (χ0v) is 6.13. The molecule has 1 radical (unpaired) electrons. The molecule has 1 aliphatic rings. The largest absolute Gasteiger partial charge is 0.378 e. The van der Waals surface area contributed by atoms with Crippen molar-refractivity contribution in [2.75, 3.05) is 26.8 Å². The zero-order chi connectivity index (χ0) is 6.69. The lowest BCUT2D eigenvalue weighted by Crippen LogP contribution is -2.42. The number of likely N-dealkylation sites (N-methyl/N-ethyl adjacent to an activating group) is 1. The third-order valence-corrected chi connectivity index (χ3v) is 1.83. The van der Waals surface area contributed by atoms with Gasteiger partial charge < -0.3 is 4.74 Å². The molecule has 1 heterocycles. The smallest absolute Gasteiger partial charge is 0.0625 e. The van der Waals surface area contributed by atoms with Crippen molar-refractivity contribution in [1.82, 2.24) is 4.90 Å². The summed E-state index contributed by atoms with van der Waals surface area (Å²) in [5.74, 6) is 0. The zero-order valence-electron chi connectivity index (χ0n) is 6.13. The second kappa shape index (κ2) is 3.18. The fraction of sp³-hybridized carbons (Fsp3) is 0.857. The summed E-state index contributed by atoms with van der Waals surface area (Å²) in [7, 11) is 2.13. The normalized spacial score (nSPS) is 30.7. The Labute approximate surface area is 56.8 Å². The van der Waals surface area contributed by atoms with Gasteiger partial charge in [-0.3, -0.25) is 4.90 Å². The second-order valence-corrected chi connectivity index (χ2v) is 2.46. The van der Waals surface area contributed by atoms with Gasteiger partial charge in [0.05, 0.1) is 13.2 Å². The Morgan fingerprint density at radius 1 is 1.67 bits per heavy atom. The molecule has 0 aromatic heterocycles. The van der Waals surface area contributed by atoms with Crippen LogP contribution >= 0.6 is 0 Å². The first-order valence-electron chi connectivity index (χ1n) is 3.42. The van der Waals surface area contributed by atoms with Gasteiger partial charge in [-0.2, -0.15) is 0 Å². The Morgan fingerprint density at radius 2 is 2.44 bits per heavy atom. The van der Waals surface area contributed by atoms with E-state index in [0.29, 0.717) is 6.04 Å². The van der Waals surface area contributed by atoms with Gasteiger partial charge in [-0.25, -0.2) is 0 Å².